The van der Waals surface area contributed by atoms with Crippen molar-refractivity contribution < 1.29 is 24.5 Å². The number of ether oxygens (including phenoxy) is 1. The van der Waals surface area contributed by atoms with Crippen molar-refractivity contribution in [3.8, 4) is 11.5 Å². The van der Waals surface area contributed by atoms with Crippen LogP contribution in [0.4, 0.5) is 5.69 Å². The van der Waals surface area contributed by atoms with Gasteiger partial charge in [0.05, 0.1) is 23.9 Å². The molecule has 33 heavy (non-hydrogen) atoms. The van der Waals surface area contributed by atoms with E-state index in [0.717, 1.165) is 11.1 Å². The Balaban J connectivity index is 1.93. The fraction of sp³-hybridized carbons (Fsp3) is 0.192. The van der Waals surface area contributed by atoms with Gasteiger partial charge in [-0.1, -0.05) is 12.1 Å². The number of aromatic hydroxyl groups is 1. The summed E-state index contributed by atoms with van der Waals surface area (Å²) >= 11 is 0. The summed E-state index contributed by atoms with van der Waals surface area (Å²) in [5.74, 6) is -1.46. The zero-order valence-electron chi connectivity index (χ0n) is 18.6. The quantitative estimate of drug-likeness (QED) is 0.343. The van der Waals surface area contributed by atoms with Gasteiger partial charge in [-0.3, -0.25) is 19.5 Å². The summed E-state index contributed by atoms with van der Waals surface area (Å²) in [4.78, 5) is 31.7. The van der Waals surface area contributed by atoms with Crippen molar-refractivity contribution in [2.24, 2.45) is 0 Å². The summed E-state index contributed by atoms with van der Waals surface area (Å²) in [5.41, 5.74) is 2.62. The molecule has 1 fully saturated rings. The van der Waals surface area contributed by atoms with Crippen molar-refractivity contribution in [2.75, 3.05) is 11.5 Å². The number of aryl methyl sites for hydroxylation is 2. The molecular weight excluding hydrogens is 420 g/mol. The van der Waals surface area contributed by atoms with Crippen molar-refractivity contribution in [1.29, 1.82) is 0 Å². The Kier molecular flexibility index (Phi) is 5.87. The number of phenols is 1. The first-order valence-corrected chi connectivity index (χ1v) is 10.6. The number of nitrogens with zero attached hydrogens (tertiary/aromatic N) is 2. The minimum Gasteiger partial charge on any atom is -0.507 e. The van der Waals surface area contributed by atoms with E-state index in [9.17, 15) is 19.8 Å². The number of anilines is 1. The number of rotatable bonds is 5. The zero-order valence-corrected chi connectivity index (χ0v) is 18.6. The molecule has 2 aromatic carbocycles. The molecule has 0 radical (unpaired) electrons. The fourth-order valence-corrected chi connectivity index (χ4v) is 4.03. The Morgan fingerprint density at radius 1 is 1.12 bits per heavy atom. The van der Waals surface area contributed by atoms with Crippen LogP contribution in [0.25, 0.3) is 5.76 Å². The van der Waals surface area contributed by atoms with Gasteiger partial charge in [0.1, 0.15) is 17.3 Å². The number of aliphatic hydroxyl groups is 1. The number of benzene rings is 2. The Morgan fingerprint density at radius 3 is 2.58 bits per heavy atom. The number of ketones is 1. The Morgan fingerprint density at radius 2 is 1.91 bits per heavy atom. The van der Waals surface area contributed by atoms with Gasteiger partial charge in [-0.15, -0.1) is 0 Å². The Labute approximate surface area is 191 Å². The van der Waals surface area contributed by atoms with Crippen molar-refractivity contribution in [3.05, 3.63) is 88.8 Å². The van der Waals surface area contributed by atoms with Crippen LogP contribution in [0.15, 0.2) is 66.5 Å². The molecule has 1 amide bonds. The number of aromatic nitrogens is 1. The molecule has 1 aromatic heterocycles. The molecule has 0 bridgehead atoms. The monoisotopic (exact) mass is 444 g/mol. The lowest BCUT2D eigenvalue weighted by Gasteiger charge is -2.26. The number of phenolic OH excluding ortho intramolecular Hbond substituents is 1. The van der Waals surface area contributed by atoms with Gasteiger partial charge in [0.15, 0.2) is 0 Å². The smallest absolute Gasteiger partial charge is 0.300 e. The summed E-state index contributed by atoms with van der Waals surface area (Å²) in [6, 6.07) is 12.3. The average molecular weight is 444 g/mol. The van der Waals surface area contributed by atoms with E-state index < -0.39 is 17.7 Å². The van der Waals surface area contributed by atoms with Gasteiger partial charge in [0.25, 0.3) is 11.7 Å². The van der Waals surface area contributed by atoms with Crippen LogP contribution >= 0.6 is 0 Å². The number of hydrogen-bond acceptors (Lipinski definition) is 6. The zero-order chi connectivity index (χ0) is 23.7. The first kappa shape index (κ1) is 22.1. The van der Waals surface area contributed by atoms with Crippen LogP contribution in [0.1, 0.15) is 35.2 Å². The van der Waals surface area contributed by atoms with Crippen LogP contribution in [0.2, 0.25) is 0 Å². The van der Waals surface area contributed by atoms with E-state index in [1.54, 1.807) is 48.7 Å². The predicted octanol–water partition coefficient (Wildman–Crippen LogP) is 4.43. The SMILES string of the molecule is CCOc1ccc(/C(O)=C2/C(=O)C(=O)N(c3cc(C)ccc3O)C2c2cccnc2)cc1C. The largest absolute Gasteiger partial charge is 0.507 e. The highest BCUT2D eigenvalue weighted by molar-refractivity contribution is 6.51. The van der Waals surface area contributed by atoms with Gasteiger partial charge in [-0.05, 0) is 73.9 Å². The topological polar surface area (TPSA) is 100.0 Å². The van der Waals surface area contributed by atoms with Gasteiger partial charge < -0.3 is 14.9 Å². The Bertz CT molecular complexity index is 1270. The number of carbonyl (C=O) groups excluding carboxylic acids is 2. The fourth-order valence-electron chi connectivity index (χ4n) is 4.03. The summed E-state index contributed by atoms with van der Waals surface area (Å²) in [5, 5.41) is 21.7. The standard InChI is InChI=1S/C26H24N2O5/c1-4-33-21-10-8-17(13-16(21)3)24(30)22-23(18-6-5-11-27-14-18)28(26(32)25(22)31)19-12-15(2)7-9-20(19)29/h5-14,23,29-30H,4H2,1-3H3/b24-22-. The van der Waals surface area contributed by atoms with Crippen LogP contribution in [-0.2, 0) is 9.59 Å². The number of aliphatic hydroxyl groups excluding tert-OH is 1. The lowest BCUT2D eigenvalue weighted by Crippen LogP contribution is -2.29. The van der Waals surface area contributed by atoms with Crippen LogP contribution < -0.4 is 9.64 Å². The Hall–Kier alpha value is -4.13. The third-order valence-electron chi connectivity index (χ3n) is 5.58. The highest BCUT2D eigenvalue weighted by Gasteiger charge is 2.47. The molecule has 0 aliphatic carbocycles. The van der Waals surface area contributed by atoms with E-state index in [0.29, 0.717) is 23.5 Å². The van der Waals surface area contributed by atoms with Crippen LogP contribution in [0.3, 0.4) is 0 Å². The first-order chi connectivity index (χ1) is 15.8. The molecule has 1 aliphatic heterocycles. The molecule has 0 spiro atoms. The highest BCUT2D eigenvalue weighted by Crippen LogP contribution is 2.44. The minimum atomic E-state index is -0.960. The summed E-state index contributed by atoms with van der Waals surface area (Å²) in [7, 11) is 0. The summed E-state index contributed by atoms with van der Waals surface area (Å²) in [6.45, 7) is 6.03. The molecule has 1 unspecified atom stereocenters. The van der Waals surface area contributed by atoms with Crippen LogP contribution in [0, 0.1) is 13.8 Å². The van der Waals surface area contributed by atoms with Crippen molar-refractivity contribution in [1.82, 2.24) is 4.98 Å². The molecule has 7 nitrogen and oxygen atoms in total. The third-order valence-corrected chi connectivity index (χ3v) is 5.58. The third kappa shape index (κ3) is 3.93. The van der Waals surface area contributed by atoms with E-state index in [-0.39, 0.29) is 22.8 Å². The second kappa shape index (κ2) is 8.78. The van der Waals surface area contributed by atoms with Gasteiger partial charge in [0, 0.05) is 18.0 Å². The number of Topliss-reactive ketones (excluding diaryl/α,β-unsaturated/α-hetero) is 1. The molecule has 7 heteroatoms. The number of hydrogen-bond donors (Lipinski definition) is 2. The maximum atomic E-state index is 13.2. The molecular formula is C26H24N2O5. The number of amides is 1. The van der Waals surface area contributed by atoms with E-state index in [4.69, 9.17) is 4.74 Å². The number of pyridine rings is 1. The molecule has 1 aliphatic rings. The van der Waals surface area contributed by atoms with Gasteiger partial charge >= 0.3 is 0 Å². The molecule has 1 saturated heterocycles. The summed E-state index contributed by atoms with van der Waals surface area (Å²) in [6.07, 6.45) is 3.11. The number of carbonyl (C=O) groups is 2. The molecule has 2 N–H and O–H groups in total. The predicted molar refractivity (Wildman–Crippen MR) is 124 cm³/mol. The lowest BCUT2D eigenvalue weighted by molar-refractivity contribution is -0.132. The van der Waals surface area contributed by atoms with E-state index in [1.807, 2.05) is 20.8 Å². The van der Waals surface area contributed by atoms with Crippen molar-refractivity contribution >= 4 is 23.1 Å². The maximum Gasteiger partial charge on any atom is 0.300 e. The van der Waals surface area contributed by atoms with Gasteiger partial charge in [-0.25, -0.2) is 0 Å². The molecule has 0 saturated carbocycles. The van der Waals surface area contributed by atoms with Gasteiger partial charge in [0.2, 0.25) is 0 Å². The van der Waals surface area contributed by atoms with Gasteiger partial charge in [-0.2, -0.15) is 0 Å². The van der Waals surface area contributed by atoms with E-state index in [1.165, 1.54) is 17.2 Å². The van der Waals surface area contributed by atoms with Crippen LogP contribution in [-0.4, -0.2) is 33.5 Å². The van der Waals surface area contributed by atoms with Crippen LogP contribution in [0.5, 0.6) is 11.5 Å². The molecule has 4 rings (SSSR count). The molecule has 2 heterocycles. The van der Waals surface area contributed by atoms with Crippen molar-refractivity contribution in [3.63, 3.8) is 0 Å². The van der Waals surface area contributed by atoms with Crippen molar-refractivity contribution in [2.45, 2.75) is 26.8 Å². The summed E-state index contributed by atoms with van der Waals surface area (Å²) < 4.78 is 5.56. The molecule has 1 atom stereocenters. The minimum absolute atomic E-state index is 0.0718. The average Bonchev–Trinajstić information content (AvgIpc) is 3.07. The highest BCUT2D eigenvalue weighted by atomic mass is 16.5. The first-order valence-electron chi connectivity index (χ1n) is 10.6. The second-order valence-corrected chi connectivity index (χ2v) is 7.86. The normalized spacial score (nSPS) is 17.4. The second-order valence-electron chi connectivity index (χ2n) is 7.86. The van der Waals surface area contributed by atoms with E-state index in [2.05, 4.69) is 4.98 Å². The molecule has 168 valence electrons. The van der Waals surface area contributed by atoms with E-state index >= 15 is 0 Å². The molecule has 3 aromatic rings. The maximum absolute atomic E-state index is 13.2. The lowest BCUT2D eigenvalue weighted by atomic mass is 9.95.